The van der Waals surface area contributed by atoms with E-state index in [1.807, 2.05) is 6.20 Å². The van der Waals surface area contributed by atoms with Crippen molar-refractivity contribution in [1.29, 1.82) is 0 Å². The largest absolute Gasteiger partial charge is 0.369 e. The Morgan fingerprint density at radius 2 is 1.81 bits per heavy atom. The van der Waals surface area contributed by atoms with Gasteiger partial charge in [0.15, 0.2) is 0 Å². The van der Waals surface area contributed by atoms with E-state index in [-0.39, 0.29) is 0 Å². The van der Waals surface area contributed by atoms with Gasteiger partial charge in [0.2, 0.25) is 0 Å². The van der Waals surface area contributed by atoms with E-state index in [2.05, 4.69) is 74.9 Å². The van der Waals surface area contributed by atoms with Gasteiger partial charge in [0, 0.05) is 68.8 Å². The zero-order valence-electron chi connectivity index (χ0n) is 16.8. The van der Waals surface area contributed by atoms with Crippen molar-refractivity contribution in [2.45, 2.75) is 45.3 Å². The molecule has 2 aliphatic heterocycles. The van der Waals surface area contributed by atoms with E-state index in [9.17, 15) is 0 Å². The summed E-state index contributed by atoms with van der Waals surface area (Å²) >= 11 is 0. The highest BCUT2D eigenvalue weighted by atomic mass is 15.3. The van der Waals surface area contributed by atoms with Gasteiger partial charge >= 0.3 is 0 Å². The maximum atomic E-state index is 4.50. The first kappa shape index (κ1) is 18.5. The second kappa shape index (κ2) is 8.44. The highest BCUT2D eigenvalue weighted by Crippen LogP contribution is 2.22. The number of benzene rings is 1. The summed E-state index contributed by atoms with van der Waals surface area (Å²) in [6.45, 7) is 12.4. The van der Waals surface area contributed by atoms with Crippen LogP contribution >= 0.6 is 0 Å². The van der Waals surface area contributed by atoms with E-state index < -0.39 is 0 Å². The van der Waals surface area contributed by atoms with Crippen LogP contribution < -0.4 is 4.90 Å². The fraction of sp³-hybridized carbons (Fsp3) is 0.591. The van der Waals surface area contributed by atoms with E-state index in [0.717, 1.165) is 19.6 Å². The zero-order valence-corrected chi connectivity index (χ0v) is 16.8. The molecule has 2 saturated heterocycles. The Bertz CT molecular complexity index is 703. The van der Waals surface area contributed by atoms with Gasteiger partial charge in [-0.3, -0.25) is 14.5 Å². The summed E-state index contributed by atoms with van der Waals surface area (Å²) < 4.78 is 2.07. The van der Waals surface area contributed by atoms with Crippen molar-refractivity contribution in [3.63, 3.8) is 0 Å². The number of para-hydroxylation sites is 1. The van der Waals surface area contributed by atoms with Crippen LogP contribution in [0.2, 0.25) is 0 Å². The summed E-state index contributed by atoms with van der Waals surface area (Å²) in [6.07, 6.45) is 6.91. The fourth-order valence-corrected chi connectivity index (χ4v) is 4.46. The lowest BCUT2D eigenvalue weighted by molar-refractivity contribution is 0.0887. The van der Waals surface area contributed by atoms with E-state index in [1.54, 1.807) is 0 Å². The van der Waals surface area contributed by atoms with Crippen LogP contribution in [0.3, 0.4) is 0 Å². The Kier molecular flexibility index (Phi) is 5.79. The Morgan fingerprint density at radius 1 is 1.04 bits per heavy atom. The van der Waals surface area contributed by atoms with Crippen LogP contribution in [0.5, 0.6) is 0 Å². The number of hydrogen-bond acceptors (Lipinski definition) is 4. The van der Waals surface area contributed by atoms with Gasteiger partial charge in [-0.25, -0.2) is 0 Å². The van der Waals surface area contributed by atoms with Crippen molar-refractivity contribution in [2.75, 3.05) is 44.2 Å². The lowest BCUT2D eigenvalue weighted by atomic mass is 10.0. The molecule has 0 saturated carbocycles. The molecule has 1 aromatic heterocycles. The van der Waals surface area contributed by atoms with Crippen molar-refractivity contribution in [2.24, 2.45) is 0 Å². The molecule has 1 aromatic carbocycles. The Hall–Kier alpha value is -1.85. The number of hydrogen-bond donors (Lipinski definition) is 0. The predicted octanol–water partition coefficient (Wildman–Crippen LogP) is 3.25. The molecule has 0 spiro atoms. The minimum atomic E-state index is 0.439. The Labute approximate surface area is 163 Å². The second-order valence-electron chi connectivity index (χ2n) is 8.31. The molecule has 2 aromatic rings. The first-order valence-corrected chi connectivity index (χ1v) is 10.5. The summed E-state index contributed by atoms with van der Waals surface area (Å²) in [5.41, 5.74) is 2.71. The topological polar surface area (TPSA) is 27.5 Å². The molecular weight excluding hydrogens is 334 g/mol. The van der Waals surface area contributed by atoms with Crippen LogP contribution in [0.15, 0.2) is 42.7 Å². The standard InChI is InChI=1S/C22H33N5/c1-19(2)27-17-20(15-23-27)16-24-10-6-9-22(18-24)26-13-11-25(12-14-26)21-7-4-3-5-8-21/h3-5,7-8,15,17,19,22H,6,9-14,16,18H2,1-2H3. The SMILES string of the molecule is CC(C)n1cc(CN2CCCC(N3CCN(c4ccccc4)CC3)C2)cn1. The van der Waals surface area contributed by atoms with Gasteiger partial charge in [-0.15, -0.1) is 0 Å². The molecule has 5 heteroatoms. The van der Waals surface area contributed by atoms with Crippen molar-refractivity contribution < 1.29 is 0 Å². The van der Waals surface area contributed by atoms with Gasteiger partial charge in [0.1, 0.15) is 0 Å². The van der Waals surface area contributed by atoms with Crippen LogP contribution in [-0.2, 0) is 6.54 Å². The molecule has 146 valence electrons. The Balaban J connectivity index is 1.29. The molecule has 0 bridgehead atoms. The molecule has 1 atom stereocenters. The fourth-order valence-electron chi connectivity index (χ4n) is 4.46. The highest BCUT2D eigenvalue weighted by Gasteiger charge is 2.28. The lowest BCUT2D eigenvalue weighted by Crippen LogP contribution is -2.55. The van der Waals surface area contributed by atoms with Gasteiger partial charge in [0.05, 0.1) is 6.20 Å². The summed E-state index contributed by atoms with van der Waals surface area (Å²) in [7, 11) is 0. The van der Waals surface area contributed by atoms with E-state index in [0.29, 0.717) is 12.1 Å². The number of rotatable bonds is 5. The summed E-state index contributed by atoms with van der Waals surface area (Å²) in [6, 6.07) is 12.0. The molecule has 2 fully saturated rings. The molecule has 0 amide bonds. The molecule has 0 N–H and O–H groups in total. The van der Waals surface area contributed by atoms with E-state index in [1.165, 1.54) is 50.3 Å². The Morgan fingerprint density at radius 3 is 2.52 bits per heavy atom. The van der Waals surface area contributed by atoms with Crippen molar-refractivity contribution in [1.82, 2.24) is 19.6 Å². The monoisotopic (exact) mass is 367 g/mol. The number of piperazine rings is 1. The molecule has 27 heavy (non-hydrogen) atoms. The number of nitrogens with zero attached hydrogens (tertiary/aromatic N) is 5. The van der Waals surface area contributed by atoms with Crippen LogP contribution in [0.25, 0.3) is 0 Å². The van der Waals surface area contributed by atoms with Gasteiger partial charge in [-0.2, -0.15) is 5.10 Å². The molecular formula is C22H33N5. The van der Waals surface area contributed by atoms with Crippen molar-refractivity contribution in [3.05, 3.63) is 48.3 Å². The van der Waals surface area contributed by atoms with Crippen molar-refractivity contribution in [3.8, 4) is 0 Å². The summed E-state index contributed by atoms with van der Waals surface area (Å²) in [4.78, 5) is 7.87. The quantitative estimate of drug-likeness (QED) is 0.811. The van der Waals surface area contributed by atoms with Gasteiger partial charge in [-0.05, 0) is 45.4 Å². The van der Waals surface area contributed by atoms with E-state index >= 15 is 0 Å². The normalized spacial score (nSPS) is 22.5. The number of anilines is 1. The lowest BCUT2D eigenvalue weighted by Gasteiger charge is -2.44. The first-order chi connectivity index (χ1) is 13.2. The van der Waals surface area contributed by atoms with Gasteiger partial charge < -0.3 is 4.90 Å². The van der Waals surface area contributed by atoms with Gasteiger partial charge in [0.25, 0.3) is 0 Å². The molecule has 5 nitrogen and oxygen atoms in total. The first-order valence-electron chi connectivity index (χ1n) is 10.5. The minimum absolute atomic E-state index is 0.439. The molecule has 0 aliphatic carbocycles. The summed E-state index contributed by atoms with van der Waals surface area (Å²) in [5, 5.41) is 4.50. The third-order valence-electron chi connectivity index (χ3n) is 6.02. The number of piperidine rings is 1. The average Bonchev–Trinajstić information content (AvgIpc) is 3.18. The van der Waals surface area contributed by atoms with Crippen LogP contribution in [-0.4, -0.2) is 64.9 Å². The van der Waals surface area contributed by atoms with Crippen LogP contribution in [0, 0.1) is 0 Å². The van der Waals surface area contributed by atoms with Crippen LogP contribution in [0.4, 0.5) is 5.69 Å². The molecule has 3 heterocycles. The average molecular weight is 368 g/mol. The number of likely N-dealkylation sites (tertiary alicyclic amines) is 1. The van der Waals surface area contributed by atoms with Crippen molar-refractivity contribution >= 4 is 5.69 Å². The third kappa shape index (κ3) is 4.53. The predicted molar refractivity (Wildman–Crippen MR) is 111 cm³/mol. The molecule has 0 radical (unpaired) electrons. The third-order valence-corrected chi connectivity index (χ3v) is 6.02. The smallest absolute Gasteiger partial charge is 0.0534 e. The summed E-state index contributed by atoms with van der Waals surface area (Å²) in [5.74, 6) is 0. The molecule has 2 aliphatic rings. The maximum Gasteiger partial charge on any atom is 0.0534 e. The second-order valence-corrected chi connectivity index (χ2v) is 8.31. The minimum Gasteiger partial charge on any atom is -0.369 e. The number of aromatic nitrogens is 2. The molecule has 4 rings (SSSR count). The van der Waals surface area contributed by atoms with E-state index in [4.69, 9.17) is 0 Å². The zero-order chi connectivity index (χ0) is 18.6. The highest BCUT2D eigenvalue weighted by molar-refractivity contribution is 5.46. The molecule has 1 unspecified atom stereocenters. The maximum absolute atomic E-state index is 4.50. The van der Waals surface area contributed by atoms with Gasteiger partial charge in [-0.1, -0.05) is 18.2 Å². The van der Waals surface area contributed by atoms with Crippen LogP contribution in [0.1, 0.15) is 38.3 Å².